The first kappa shape index (κ1) is 10.0. The van der Waals surface area contributed by atoms with E-state index in [2.05, 4.69) is 10.6 Å². The van der Waals surface area contributed by atoms with Gasteiger partial charge in [-0.05, 0) is 12.8 Å². The van der Waals surface area contributed by atoms with Crippen LogP contribution in [0.4, 0.5) is 5.69 Å². The molecule has 0 spiro atoms. The number of carbonyl (C=O) groups is 1. The lowest BCUT2D eigenvalue weighted by atomic mass is 9.83. The second kappa shape index (κ2) is 3.69. The summed E-state index contributed by atoms with van der Waals surface area (Å²) in [5.41, 5.74) is 8.65. The van der Waals surface area contributed by atoms with Gasteiger partial charge < -0.3 is 15.1 Å². The molecule has 7 nitrogen and oxygen atoms in total. The van der Waals surface area contributed by atoms with E-state index in [-0.39, 0.29) is 11.6 Å². The predicted molar refractivity (Wildman–Crippen MR) is 57.5 cm³/mol. The molecule has 0 radical (unpaired) electrons. The third-order valence-corrected chi connectivity index (χ3v) is 3.03. The summed E-state index contributed by atoms with van der Waals surface area (Å²) >= 11 is 0. The highest BCUT2D eigenvalue weighted by atomic mass is 16.7. The van der Waals surface area contributed by atoms with E-state index in [1.54, 1.807) is 6.20 Å². The van der Waals surface area contributed by atoms with E-state index in [0.29, 0.717) is 11.4 Å². The number of rotatable bonds is 3. The molecular formula is C10H12N4O3. The van der Waals surface area contributed by atoms with Crippen LogP contribution in [0.25, 0.3) is 0 Å². The molecule has 0 aromatic carbocycles. The van der Waals surface area contributed by atoms with Crippen molar-refractivity contribution in [2.75, 3.05) is 5.17 Å². The molecule has 0 atom stereocenters. The van der Waals surface area contributed by atoms with Gasteiger partial charge in [0, 0.05) is 5.92 Å². The first-order valence-electron chi connectivity index (χ1n) is 5.45. The van der Waals surface area contributed by atoms with Crippen molar-refractivity contribution in [2.45, 2.75) is 25.2 Å². The van der Waals surface area contributed by atoms with E-state index >= 15 is 0 Å². The predicted octanol–water partition coefficient (Wildman–Crippen LogP) is 0.768. The topological polar surface area (TPSA) is 93.6 Å². The Hall–Kier alpha value is -2.18. The highest BCUT2D eigenvalue weighted by Crippen LogP contribution is 2.42. The standard InChI is InChI=1S/C10H12N4O3/c11-10(15)7-8(14-12-4-5-16-14)9(17-13-7)6-2-1-3-6/h4-6,12H,1-3H2,(H2,11,15). The van der Waals surface area contributed by atoms with E-state index in [4.69, 9.17) is 15.1 Å². The fourth-order valence-electron chi connectivity index (χ4n) is 1.93. The number of nitrogens with two attached hydrogens (primary N) is 1. The number of primary amides is 1. The highest BCUT2D eigenvalue weighted by molar-refractivity contribution is 5.96. The molecule has 3 rings (SSSR count). The second-order valence-electron chi connectivity index (χ2n) is 4.07. The van der Waals surface area contributed by atoms with E-state index < -0.39 is 5.91 Å². The van der Waals surface area contributed by atoms with Crippen molar-refractivity contribution in [3.8, 4) is 0 Å². The summed E-state index contributed by atoms with van der Waals surface area (Å²) in [6, 6.07) is 0. The Labute approximate surface area is 97.1 Å². The molecule has 2 aliphatic rings. The largest absolute Gasteiger partial charge is 0.365 e. The Morgan fingerprint density at radius 1 is 1.59 bits per heavy atom. The molecule has 1 amide bonds. The van der Waals surface area contributed by atoms with Crippen LogP contribution in [0.2, 0.25) is 0 Å². The molecule has 1 aromatic heterocycles. The van der Waals surface area contributed by atoms with Gasteiger partial charge in [-0.25, -0.2) is 0 Å². The number of anilines is 1. The number of hydrogen-bond donors (Lipinski definition) is 2. The summed E-state index contributed by atoms with van der Waals surface area (Å²) in [5, 5.41) is 5.06. The number of hydrogen-bond acceptors (Lipinski definition) is 6. The Balaban J connectivity index is 2.00. The highest BCUT2D eigenvalue weighted by Gasteiger charge is 2.34. The zero-order chi connectivity index (χ0) is 11.8. The molecule has 1 aliphatic heterocycles. The van der Waals surface area contributed by atoms with E-state index in [9.17, 15) is 4.79 Å². The van der Waals surface area contributed by atoms with Crippen LogP contribution in [0, 0.1) is 0 Å². The maximum atomic E-state index is 11.3. The first-order chi connectivity index (χ1) is 8.27. The lowest BCUT2D eigenvalue weighted by Gasteiger charge is -2.25. The maximum Gasteiger partial charge on any atom is 0.273 e. The van der Waals surface area contributed by atoms with Gasteiger partial charge in [-0.15, -0.1) is 5.17 Å². The Kier molecular flexibility index (Phi) is 2.17. The van der Waals surface area contributed by atoms with Gasteiger partial charge in [0.15, 0.2) is 17.1 Å². The first-order valence-corrected chi connectivity index (χ1v) is 5.45. The average Bonchev–Trinajstić information content (AvgIpc) is 2.80. The molecule has 1 aliphatic carbocycles. The van der Waals surface area contributed by atoms with Crippen molar-refractivity contribution in [1.29, 1.82) is 0 Å². The van der Waals surface area contributed by atoms with Crippen LogP contribution in [0.3, 0.4) is 0 Å². The van der Waals surface area contributed by atoms with Gasteiger partial charge in [0.25, 0.3) is 5.91 Å². The number of aromatic nitrogens is 1. The molecule has 1 fully saturated rings. The summed E-state index contributed by atoms with van der Waals surface area (Å²) in [7, 11) is 0. The van der Waals surface area contributed by atoms with Crippen molar-refractivity contribution in [2.24, 2.45) is 5.73 Å². The maximum absolute atomic E-state index is 11.3. The molecule has 90 valence electrons. The molecule has 1 aromatic rings. The van der Waals surface area contributed by atoms with Crippen molar-refractivity contribution in [3.63, 3.8) is 0 Å². The van der Waals surface area contributed by atoms with E-state index in [0.717, 1.165) is 19.3 Å². The van der Waals surface area contributed by atoms with Crippen LogP contribution in [0.1, 0.15) is 41.4 Å². The molecule has 0 unspecified atom stereocenters. The average molecular weight is 236 g/mol. The third kappa shape index (κ3) is 1.50. The van der Waals surface area contributed by atoms with Crippen molar-refractivity contribution >= 4 is 11.6 Å². The number of nitrogens with zero attached hydrogens (tertiary/aromatic N) is 2. The summed E-state index contributed by atoms with van der Waals surface area (Å²) in [5.74, 6) is 0.310. The second-order valence-corrected chi connectivity index (χ2v) is 4.07. The smallest absolute Gasteiger partial charge is 0.273 e. The fourth-order valence-corrected chi connectivity index (χ4v) is 1.93. The Morgan fingerprint density at radius 2 is 2.41 bits per heavy atom. The minimum atomic E-state index is -0.633. The van der Waals surface area contributed by atoms with Crippen LogP contribution in [0.15, 0.2) is 17.0 Å². The molecule has 7 heteroatoms. The van der Waals surface area contributed by atoms with Crippen molar-refractivity contribution in [3.05, 3.63) is 23.9 Å². The summed E-state index contributed by atoms with van der Waals surface area (Å²) < 4.78 is 5.23. The monoisotopic (exact) mass is 236 g/mol. The van der Waals surface area contributed by atoms with E-state index in [1.807, 2.05) is 0 Å². The van der Waals surface area contributed by atoms with Crippen molar-refractivity contribution in [1.82, 2.24) is 10.6 Å². The molecule has 0 bridgehead atoms. The minimum Gasteiger partial charge on any atom is -0.365 e. The van der Waals surface area contributed by atoms with Gasteiger partial charge in [0.05, 0.1) is 6.20 Å². The van der Waals surface area contributed by atoms with Crippen molar-refractivity contribution < 1.29 is 14.2 Å². The quantitative estimate of drug-likeness (QED) is 0.805. The van der Waals surface area contributed by atoms with Gasteiger partial charge in [0.2, 0.25) is 0 Å². The molecule has 1 saturated carbocycles. The van der Waals surface area contributed by atoms with Crippen LogP contribution < -0.4 is 16.3 Å². The Morgan fingerprint density at radius 3 is 2.94 bits per heavy atom. The summed E-state index contributed by atoms with van der Waals surface area (Å²) in [6.45, 7) is 0. The number of carbonyl (C=O) groups excluding carboxylic acids is 1. The number of nitrogens with one attached hydrogen (secondary N) is 1. The van der Waals surface area contributed by atoms with Gasteiger partial charge in [-0.2, -0.15) is 0 Å². The minimum absolute atomic E-state index is 0.0862. The lowest BCUT2D eigenvalue weighted by Crippen LogP contribution is -2.31. The summed E-state index contributed by atoms with van der Waals surface area (Å²) in [6.07, 6.45) is 6.28. The van der Waals surface area contributed by atoms with Crippen LogP contribution in [-0.2, 0) is 4.84 Å². The molecule has 2 heterocycles. The number of hydrazine groups is 1. The van der Waals surface area contributed by atoms with Gasteiger partial charge in [-0.1, -0.05) is 11.6 Å². The van der Waals surface area contributed by atoms with Crippen LogP contribution in [0.5, 0.6) is 0 Å². The van der Waals surface area contributed by atoms with Gasteiger partial charge >= 0.3 is 0 Å². The van der Waals surface area contributed by atoms with Crippen LogP contribution >= 0.6 is 0 Å². The fraction of sp³-hybridized carbons (Fsp3) is 0.400. The molecule has 3 N–H and O–H groups in total. The third-order valence-electron chi connectivity index (χ3n) is 3.03. The molecule has 0 saturated heterocycles. The SMILES string of the molecule is NC(=O)c1noc(C2CCC2)c1N1NC=CO1. The van der Waals surface area contributed by atoms with E-state index in [1.165, 1.54) is 11.4 Å². The Bertz CT molecular complexity index is 470. The number of amides is 1. The van der Waals surface area contributed by atoms with Gasteiger partial charge in [0.1, 0.15) is 6.26 Å². The molecular weight excluding hydrogens is 224 g/mol. The molecule has 17 heavy (non-hydrogen) atoms. The lowest BCUT2D eigenvalue weighted by molar-refractivity contribution is 0.0990. The summed E-state index contributed by atoms with van der Waals surface area (Å²) in [4.78, 5) is 16.5. The normalized spacial score (nSPS) is 18.7. The zero-order valence-electron chi connectivity index (χ0n) is 9.05. The van der Waals surface area contributed by atoms with Crippen LogP contribution in [-0.4, -0.2) is 11.1 Å². The van der Waals surface area contributed by atoms with Gasteiger partial charge in [-0.3, -0.25) is 10.2 Å². The zero-order valence-corrected chi connectivity index (χ0v) is 9.05.